The summed E-state index contributed by atoms with van der Waals surface area (Å²) < 4.78 is 17.0. The zero-order valence-corrected chi connectivity index (χ0v) is 20.7. The van der Waals surface area contributed by atoms with Gasteiger partial charge in [0.1, 0.15) is 11.4 Å². The highest BCUT2D eigenvalue weighted by molar-refractivity contribution is 5.76. The standard InChI is InChI=1S/C30H30N2O5/c1-2-35-27(34)20-36-25-15-9-10-21(16-25)18-32-19-24(33)17-26(32)30-31-28(22-11-5-3-6-12-22)29(37-30)23-13-7-4-8-14-23/h3-16,24,26,33H,2,17-20H2,1H3/t24-,26-/m1/s1. The molecule has 2 heterocycles. The van der Waals surface area contributed by atoms with Gasteiger partial charge < -0.3 is 19.0 Å². The summed E-state index contributed by atoms with van der Waals surface area (Å²) in [6.07, 6.45) is 0.0441. The van der Waals surface area contributed by atoms with Crippen molar-refractivity contribution in [2.45, 2.75) is 32.0 Å². The third-order valence-electron chi connectivity index (χ3n) is 6.34. The molecule has 0 radical (unpaired) electrons. The number of β-amino-alcohol motifs (C(OH)–C–C–N with tert-alkyl or cyclic N) is 1. The van der Waals surface area contributed by atoms with E-state index in [1.807, 2.05) is 84.9 Å². The van der Waals surface area contributed by atoms with Crippen molar-refractivity contribution in [1.29, 1.82) is 0 Å². The molecule has 4 aromatic rings. The predicted molar refractivity (Wildman–Crippen MR) is 140 cm³/mol. The fourth-order valence-corrected chi connectivity index (χ4v) is 4.68. The van der Waals surface area contributed by atoms with Crippen molar-refractivity contribution in [1.82, 2.24) is 9.88 Å². The molecule has 7 heteroatoms. The van der Waals surface area contributed by atoms with Crippen LogP contribution in [0.2, 0.25) is 0 Å². The molecule has 1 N–H and O–H groups in total. The van der Waals surface area contributed by atoms with Gasteiger partial charge in [0.25, 0.3) is 0 Å². The summed E-state index contributed by atoms with van der Waals surface area (Å²) in [6, 6.07) is 27.4. The van der Waals surface area contributed by atoms with Crippen molar-refractivity contribution in [3.63, 3.8) is 0 Å². The number of aliphatic hydroxyl groups is 1. The summed E-state index contributed by atoms with van der Waals surface area (Å²) in [7, 11) is 0. The Morgan fingerprint density at radius 3 is 2.49 bits per heavy atom. The van der Waals surface area contributed by atoms with Gasteiger partial charge in [-0.15, -0.1) is 0 Å². The molecule has 190 valence electrons. The molecule has 3 aromatic carbocycles. The lowest BCUT2D eigenvalue weighted by Gasteiger charge is -2.22. The van der Waals surface area contributed by atoms with Gasteiger partial charge in [-0.25, -0.2) is 9.78 Å². The molecule has 1 fully saturated rings. The van der Waals surface area contributed by atoms with E-state index in [0.29, 0.717) is 37.8 Å². The van der Waals surface area contributed by atoms with Crippen molar-refractivity contribution >= 4 is 5.97 Å². The van der Waals surface area contributed by atoms with Gasteiger partial charge in [0, 0.05) is 24.2 Å². The zero-order valence-electron chi connectivity index (χ0n) is 20.7. The summed E-state index contributed by atoms with van der Waals surface area (Å²) >= 11 is 0. The summed E-state index contributed by atoms with van der Waals surface area (Å²) in [5.41, 5.74) is 3.72. The molecule has 1 aliphatic heterocycles. The minimum atomic E-state index is -0.486. The van der Waals surface area contributed by atoms with Crippen LogP contribution in [0.5, 0.6) is 5.75 Å². The van der Waals surface area contributed by atoms with Crippen LogP contribution in [0.25, 0.3) is 22.6 Å². The molecule has 37 heavy (non-hydrogen) atoms. The van der Waals surface area contributed by atoms with Gasteiger partial charge in [-0.1, -0.05) is 72.8 Å². The molecule has 0 aliphatic carbocycles. The van der Waals surface area contributed by atoms with Crippen molar-refractivity contribution in [3.8, 4) is 28.3 Å². The number of aliphatic hydroxyl groups excluding tert-OH is 1. The van der Waals surface area contributed by atoms with Crippen LogP contribution >= 0.6 is 0 Å². The van der Waals surface area contributed by atoms with Crippen molar-refractivity contribution in [2.24, 2.45) is 0 Å². The Hall–Kier alpha value is -3.94. The van der Waals surface area contributed by atoms with E-state index in [1.165, 1.54) is 0 Å². The zero-order chi connectivity index (χ0) is 25.6. The van der Waals surface area contributed by atoms with E-state index in [0.717, 1.165) is 28.1 Å². The normalized spacial score (nSPS) is 17.6. The van der Waals surface area contributed by atoms with Gasteiger partial charge in [-0.3, -0.25) is 4.90 Å². The highest BCUT2D eigenvalue weighted by atomic mass is 16.6. The smallest absolute Gasteiger partial charge is 0.344 e. The molecule has 7 nitrogen and oxygen atoms in total. The molecule has 0 spiro atoms. The maximum absolute atomic E-state index is 11.6. The molecule has 0 unspecified atom stereocenters. The third-order valence-corrected chi connectivity index (χ3v) is 6.34. The largest absolute Gasteiger partial charge is 0.482 e. The van der Waals surface area contributed by atoms with E-state index in [2.05, 4.69) is 4.90 Å². The number of oxazole rings is 1. The lowest BCUT2D eigenvalue weighted by atomic mass is 10.1. The van der Waals surface area contributed by atoms with Crippen LogP contribution in [0.4, 0.5) is 0 Å². The van der Waals surface area contributed by atoms with Crippen LogP contribution in [0.15, 0.2) is 89.3 Å². The number of rotatable bonds is 9. The molecular weight excluding hydrogens is 468 g/mol. The Morgan fingerprint density at radius 1 is 1.03 bits per heavy atom. The number of hydrogen-bond acceptors (Lipinski definition) is 7. The summed E-state index contributed by atoms with van der Waals surface area (Å²) in [6.45, 7) is 3.02. The van der Waals surface area contributed by atoms with Gasteiger partial charge >= 0.3 is 5.97 Å². The van der Waals surface area contributed by atoms with Crippen LogP contribution in [-0.2, 0) is 16.1 Å². The molecule has 1 aliphatic rings. The quantitative estimate of drug-likeness (QED) is 0.315. The van der Waals surface area contributed by atoms with Crippen LogP contribution in [-0.4, -0.2) is 46.8 Å². The van der Waals surface area contributed by atoms with Gasteiger partial charge in [0.15, 0.2) is 12.4 Å². The predicted octanol–water partition coefficient (Wildman–Crippen LogP) is 5.26. The number of carbonyl (C=O) groups excluding carboxylic acids is 1. The Labute approximate surface area is 216 Å². The molecule has 1 saturated heterocycles. The maximum atomic E-state index is 11.6. The summed E-state index contributed by atoms with van der Waals surface area (Å²) in [4.78, 5) is 18.8. The Morgan fingerprint density at radius 2 is 1.76 bits per heavy atom. The topological polar surface area (TPSA) is 85.0 Å². The number of carbonyl (C=O) groups is 1. The second-order valence-corrected chi connectivity index (χ2v) is 9.04. The van der Waals surface area contributed by atoms with Crippen LogP contribution in [0.3, 0.4) is 0 Å². The summed E-state index contributed by atoms with van der Waals surface area (Å²) in [5.74, 6) is 1.50. The van der Waals surface area contributed by atoms with Gasteiger partial charge in [0.05, 0.1) is 18.8 Å². The number of likely N-dealkylation sites (tertiary alicyclic amines) is 1. The number of nitrogens with zero attached hydrogens (tertiary/aromatic N) is 2. The molecular formula is C30H30N2O5. The van der Waals surface area contributed by atoms with Crippen molar-refractivity contribution in [2.75, 3.05) is 19.8 Å². The lowest BCUT2D eigenvalue weighted by molar-refractivity contribution is -0.145. The van der Waals surface area contributed by atoms with Crippen LogP contribution in [0, 0.1) is 0 Å². The molecule has 0 bridgehead atoms. The van der Waals surface area contributed by atoms with E-state index in [1.54, 1.807) is 6.92 Å². The third kappa shape index (κ3) is 5.90. The van der Waals surface area contributed by atoms with Gasteiger partial charge in [0.2, 0.25) is 5.89 Å². The molecule has 2 atom stereocenters. The van der Waals surface area contributed by atoms with Crippen molar-refractivity contribution < 1.29 is 23.8 Å². The number of esters is 1. The van der Waals surface area contributed by atoms with E-state index in [9.17, 15) is 9.90 Å². The molecule has 0 saturated carbocycles. The number of hydrogen-bond donors (Lipinski definition) is 1. The fraction of sp³-hybridized carbons (Fsp3) is 0.267. The summed E-state index contributed by atoms with van der Waals surface area (Å²) in [5, 5.41) is 10.6. The van der Waals surface area contributed by atoms with E-state index < -0.39 is 12.1 Å². The Kier molecular flexibility index (Phi) is 7.63. The second kappa shape index (κ2) is 11.4. The average molecular weight is 499 g/mol. The van der Waals surface area contributed by atoms with Crippen LogP contribution in [0.1, 0.15) is 30.8 Å². The number of aromatic nitrogens is 1. The monoisotopic (exact) mass is 498 g/mol. The fourth-order valence-electron chi connectivity index (χ4n) is 4.68. The molecule has 5 rings (SSSR count). The first-order chi connectivity index (χ1) is 18.1. The maximum Gasteiger partial charge on any atom is 0.344 e. The molecule has 0 amide bonds. The number of benzene rings is 3. The highest BCUT2D eigenvalue weighted by Crippen LogP contribution is 2.39. The van der Waals surface area contributed by atoms with Gasteiger partial charge in [-0.2, -0.15) is 0 Å². The minimum absolute atomic E-state index is 0.136. The lowest BCUT2D eigenvalue weighted by Crippen LogP contribution is -2.24. The Balaban J connectivity index is 1.40. The second-order valence-electron chi connectivity index (χ2n) is 9.04. The first-order valence-electron chi connectivity index (χ1n) is 12.5. The first-order valence-corrected chi connectivity index (χ1v) is 12.5. The van der Waals surface area contributed by atoms with Crippen molar-refractivity contribution in [3.05, 3.63) is 96.4 Å². The van der Waals surface area contributed by atoms with Gasteiger partial charge in [-0.05, 0) is 31.0 Å². The SMILES string of the molecule is CCOC(=O)COc1cccc(CN2C[C@H](O)C[C@@H]2c2nc(-c3ccccc3)c(-c3ccccc3)o2)c1. The average Bonchev–Trinajstić information content (AvgIpc) is 3.52. The van der Waals surface area contributed by atoms with E-state index in [-0.39, 0.29) is 12.6 Å². The van der Waals surface area contributed by atoms with Crippen LogP contribution < -0.4 is 4.74 Å². The first kappa shape index (κ1) is 24.7. The Bertz CT molecular complexity index is 1270. The van der Waals surface area contributed by atoms with E-state index >= 15 is 0 Å². The molecule has 1 aromatic heterocycles. The number of ether oxygens (including phenoxy) is 2. The highest BCUT2D eigenvalue weighted by Gasteiger charge is 2.36. The van der Waals surface area contributed by atoms with E-state index in [4.69, 9.17) is 18.9 Å². The minimum Gasteiger partial charge on any atom is -0.482 e.